The number of rotatable bonds is 3. The van der Waals surface area contributed by atoms with Crippen molar-refractivity contribution in [1.29, 1.82) is 5.26 Å². The van der Waals surface area contributed by atoms with Gasteiger partial charge in [-0.25, -0.2) is 0 Å². The van der Waals surface area contributed by atoms with Gasteiger partial charge in [0.05, 0.1) is 33.0 Å². The zero-order valence-corrected chi connectivity index (χ0v) is 17.9. The molecule has 2 saturated heterocycles. The zero-order chi connectivity index (χ0) is 22.4. The quantitative estimate of drug-likeness (QED) is 0.729. The summed E-state index contributed by atoms with van der Waals surface area (Å²) in [5.74, 6) is -0.213. The molecule has 2 aliphatic rings. The molecule has 0 spiro atoms. The lowest BCUT2D eigenvalue weighted by Crippen LogP contribution is -2.50. The lowest BCUT2D eigenvalue weighted by atomic mass is 9.73. The van der Waals surface area contributed by atoms with E-state index in [1.807, 2.05) is 4.90 Å². The predicted octanol–water partition coefficient (Wildman–Crippen LogP) is 4.25. The molecule has 2 atom stereocenters. The second kappa shape index (κ2) is 8.01. The molecule has 1 N–H and O–H groups in total. The maximum atomic E-state index is 13.4. The van der Waals surface area contributed by atoms with Crippen LogP contribution in [-0.2, 0) is 6.18 Å². The Labute approximate surface area is 186 Å². The number of anilines is 1. The summed E-state index contributed by atoms with van der Waals surface area (Å²) in [6.45, 7) is 1.57. The first-order chi connectivity index (χ1) is 14.7. The second-order valence-electron chi connectivity index (χ2n) is 8.04. The highest BCUT2D eigenvalue weighted by Crippen LogP contribution is 2.45. The largest absolute Gasteiger partial charge is 0.417 e. The van der Waals surface area contributed by atoms with E-state index >= 15 is 0 Å². The van der Waals surface area contributed by atoms with Gasteiger partial charge in [0.2, 0.25) is 0 Å². The van der Waals surface area contributed by atoms with Crippen LogP contribution in [0.2, 0.25) is 4.34 Å². The van der Waals surface area contributed by atoms with Crippen LogP contribution in [0.25, 0.3) is 0 Å². The summed E-state index contributed by atoms with van der Waals surface area (Å²) < 4.78 is 40.7. The molecule has 1 amide bonds. The number of nitrogens with zero attached hydrogens (tertiary/aromatic N) is 3. The lowest BCUT2D eigenvalue weighted by Gasteiger charge is -2.42. The number of alkyl halides is 3. The monoisotopic (exact) mass is 469 g/mol. The first-order valence-corrected chi connectivity index (χ1v) is 10.9. The third-order valence-electron chi connectivity index (χ3n) is 6.31. The van der Waals surface area contributed by atoms with Gasteiger partial charge in [0.25, 0.3) is 5.91 Å². The SMILES string of the molecule is N#Cc1ccc(N2C[C@H]3CN(C(=O)c4ccc(Cl)s4)CC[C@@]3(CO)C2)cc1C(F)(F)F. The molecule has 2 fully saturated rings. The molecule has 0 saturated carbocycles. The van der Waals surface area contributed by atoms with E-state index in [-0.39, 0.29) is 18.4 Å². The topological polar surface area (TPSA) is 67.6 Å². The van der Waals surface area contributed by atoms with Crippen molar-refractivity contribution < 1.29 is 23.1 Å². The third kappa shape index (κ3) is 4.00. The van der Waals surface area contributed by atoms with E-state index in [1.165, 1.54) is 23.5 Å². The average molecular weight is 470 g/mol. The van der Waals surface area contributed by atoms with Gasteiger partial charge in [-0.2, -0.15) is 18.4 Å². The molecule has 2 aliphatic heterocycles. The number of nitriles is 1. The van der Waals surface area contributed by atoms with Crippen molar-refractivity contribution in [3.63, 3.8) is 0 Å². The molecule has 164 valence electrons. The van der Waals surface area contributed by atoms with Crippen molar-refractivity contribution in [3.05, 3.63) is 50.7 Å². The smallest absolute Gasteiger partial charge is 0.396 e. The molecule has 3 heterocycles. The van der Waals surface area contributed by atoms with Gasteiger partial charge in [-0.15, -0.1) is 11.3 Å². The van der Waals surface area contributed by atoms with Gasteiger partial charge in [-0.05, 0) is 36.8 Å². The maximum absolute atomic E-state index is 13.4. The Morgan fingerprint density at radius 2 is 2.10 bits per heavy atom. The van der Waals surface area contributed by atoms with Gasteiger partial charge in [-0.3, -0.25) is 4.79 Å². The number of fused-ring (bicyclic) bond motifs is 1. The molecule has 1 aromatic carbocycles. The van der Waals surface area contributed by atoms with E-state index < -0.39 is 22.7 Å². The zero-order valence-electron chi connectivity index (χ0n) is 16.3. The number of amides is 1. The number of hydrogen-bond acceptors (Lipinski definition) is 5. The van der Waals surface area contributed by atoms with Crippen molar-refractivity contribution in [3.8, 4) is 6.07 Å². The molecule has 2 aromatic rings. The maximum Gasteiger partial charge on any atom is 0.417 e. The second-order valence-corrected chi connectivity index (χ2v) is 9.76. The summed E-state index contributed by atoms with van der Waals surface area (Å²) in [4.78, 5) is 16.9. The van der Waals surface area contributed by atoms with Crippen LogP contribution in [0.15, 0.2) is 30.3 Å². The summed E-state index contributed by atoms with van der Waals surface area (Å²) in [7, 11) is 0. The van der Waals surface area contributed by atoms with E-state index in [9.17, 15) is 23.1 Å². The van der Waals surface area contributed by atoms with Gasteiger partial charge >= 0.3 is 6.18 Å². The van der Waals surface area contributed by atoms with Crippen LogP contribution in [0.4, 0.5) is 18.9 Å². The van der Waals surface area contributed by atoms with Crippen LogP contribution < -0.4 is 4.90 Å². The Bertz CT molecular complexity index is 1050. The molecule has 31 heavy (non-hydrogen) atoms. The molecule has 0 unspecified atom stereocenters. The fraction of sp³-hybridized carbons (Fsp3) is 0.429. The summed E-state index contributed by atoms with van der Waals surface area (Å²) in [6.07, 6.45) is -4.08. The molecule has 0 aliphatic carbocycles. The van der Waals surface area contributed by atoms with Crippen molar-refractivity contribution in [2.24, 2.45) is 11.3 Å². The predicted molar refractivity (Wildman–Crippen MR) is 111 cm³/mol. The number of aliphatic hydroxyl groups excluding tert-OH is 1. The summed E-state index contributed by atoms with van der Waals surface area (Å²) in [6, 6.07) is 8.63. The molecular weight excluding hydrogens is 451 g/mol. The number of carbonyl (C=O) groups excluding carboxylic acids is 1. The highest BCUT2D eigenvalue weighted by atomic mass is 35.5. The number of hydrogen-bond donors (Lipinski definition) is 1. The molecule has 0 bridgehead atoms. The summed E-state index contributed by atoms with van der Waals surface area (Å²) >= 11 is 7.14. The number of likely N-dealkylation sites (tertiary alicyclic amines) is 1. The van der Waals surface area contributed by atoms with Crippen LogP contribution in [0, 0.1) is 22.7 Å². The minimum Gasteiger partial charge on any atom is -0.396 e. The van der Waals surface area contributed by atoms with Crippen LogP contribution in [0.5, 0.6) is 0 Å². The van der Waals surface area contributed by atoms with Gasteiger partial charge in [-0.1, -0.05) is 11.6 Å². The van der Waals surface area contributed by atoms with Crippen LogP contribution in [-0.4, -0.2) is 48.7 Å². The highest BCUT2D eigenvalue weighted by molar-refractivity contribution is 7.17. The van der Waals surface area contributed by atoms with E-state index in [0.29, 0.717) is 47.5 Å². The van der Waals surface area contributed by atoms with Crippen LogP contribution in [0.3, 0.4) is 0 Å². The molecule has 5 nitrogen and oxygen atoms in total. The number of halogens is 4. The number of carbonyl (C=O) groups is 1. The standard InChI is InChI=1S/C21H19ClF3N3O2S/c22-18-4-3-17(31-18)19(30)27-6-5-20(12-29)11-28(10-14(20)9-27)15-2-1-13(8-26)16(7-15)21(23,24)25/h1-4,7,14,29H,5-6,9-12H2/t14-,20+/m1/s1. The number of aliphatic hydroxyl groups is 1. The molecule has 4 rings (SSSR count). The molecule has 1 aromatic heterocycles. The van der Waals surface area contributed by atoms with E-state index in [1.54, 1.807) is 23.1 Å². The fourth-order valence-electron chi connectivity index (χ4n) is 4.57. The Hall–Kier alpha value is -2.28. The Morgan fingerprint density at radius 3 is 2.71 bits per heavy atom. The number of piperidine rings is 1. The lowest BCUT2D eigenvalue weighted by molar-refractivity contribution is -0.137. The highest BCUT2D eigenvalue weighted by Gasteiger charge is 2.50. The molecule has 0 radical (unpaired) electrons. The average Bonchev–Trinajstić information content (AvgIpc) is 3.35. The van der Waals surface area contributed by atoms with E-state index in [4.69, 9.17) is 16.9 Å². The molecule has 10 heteroatoms. The Kier molecular flexibility index (Phi) is 5.66. The van der Waals surface area contributed by atoms with Crippen molar-refractivity contribution in [2.75, 3.05) is 37.7 Å². The van der Waals surface area contributed by atoms with E-state index in [0.717, 1.165) is 6.07 Å². The van der Waals surface area contributed by atoms with Gasteiger partial charge < -0.3 is 14.9 Å². The third-order valence-corrected chi connectivity index (χ3v) is 7.53. The number of thiophene rings is 1. The van der Waals surface area contributed by atoms with Crippen molar-refractivity contribution in [1.82, 2.24) is 4.90 Å². The van der Waals surface area contributed by atoms with Gasteiger partial charge in [0.1, 0.15) is 0 Å². The minimum atomic E-state index is -4.63. The van der Waals surface area contributed by atoms with Crippen LogP contribution >= 0.6 is 22.9 Å². The normalized spacial score (nSPS) is 23.5. The fourth-order valence-corrected chi connectivity index (χ4v) is 5.58. The first kappa shape index (κ1) is 21.9. The summed E-state index contributed by atoms with van der Waals surface area (Å²) in [5, 5.41) is 19.2. The van der Waals surface area contributed by atoms with E-state index in [2.05, 4.69) is 0 Å². The Balaban J connectivity index is 1.57. The Morgan fingerprint density at radius 1 is 1.32 bits per heavy atom. The first-order valence-electron chi connectivity index (χ1n) is 9.68. The van der Waals surface area contributed by atoms with Gasteiger partial charge in [0.15, 0.2) is 0 Å². The molecular formula is C21H19ClF3N3O2S. The van der Waals surface area contributed by atoms with Crippen molar-refractivity contribution in [2.45, 2.75) is 12.6 Å². The summed E-state index contributed by atoms with van der Waals surface area (Å²) in [5.41, 5.74) is -1.52. The van der Waals surface area contributed by atoms with Crippen LogP contribution in [0.1, 0.15) is 27.2 Å². The number of benzene rings is 1. The van der Waals surface area contributed by atoms with Crippen molar-refractivity contribution >= 4 is 34.5 Å². The minimum absolute atomic E-state index is 0.0874. The van der Waals surface area contributed by atoms with Gasteiger partial charge in [0, 0.05) is 43.2 Å².